The summed E-state index contributed by atoms with van der Waals surface area (Å²) < 4.78 is 5.73. The van der Waals surface area contributed by atoms with Crippen LogP contribution >= 0.6 is 0 Å². The number of H-pyrrole nitrogens is 1. The smallest absolute Gasteiger partial charge is 0.258 e. The summed E-state index contributed by atoms with van der Waals surface area (Å²) >= 11 is 0. The molecule has 32 heavy (non-hydrogen) atoms. The summed E-state index contributed by atoms with van der Waals surface area (Å²) in [7, 11) is 1.87. The van der Waals surface area contributed by atoms with Crippen LogP contribution in [0.2, 0.25) is 0 Å². The molecule has 2 heterocycles. The topological polar surface area (TPSA) is 108 Å². The van der Waals surface area contributed by atoms with E-state index in [1.807, 2.05) is 39.1 Å². The lowest BCUT2D eigenvalue weighted by Gasteiger charge is -2.16. The van der Waals surface area contributed by atoms with E-state index >= 15 is 0 Å². The molecule has 0 unspecified atom stereocenters. The van der Waals surface area contributed by atoms with E-state index in [9.17, 15) is 14.7 Å². The number of nitrogens with one attached hydrogen (secondary N) is 2. The van der Waals surface area contributed by atoms with Crippen molar-refractivity contribution in [3.63, 3.8) is 0 Å². The standard InChI is InChI=1S/C24H28N4O4/c1-14(2)8-22(30)23-18-10-19(21(29)11-20(18)26-27-23)24(31)28-12-15-4-5-17(9-16(15)13-28)32-7-6-25-3/h4-5,9-11,14,25,29H,6-8,12-13H2,1-3H3,(H,26,27). The SMILES string of the molecule is CNCCOc1ccc2c(c1)CN(C(=O)c1cc3c(C(=O)CC(C)C)n[nH]c3cc1O)C2. The molecule has 3 aromatic rings. The molecule has 0 radical (unpaired) electrons. The van der Waals surface area contributed by atoms with Gasteiger partial charge in [0.15, 0.2) is 5.78 Å². The van der Waals surface area contributed by atoms with Gasteiger partial charge in [0.05, 0.1) is 11.1 Å². The zero-order chi connectivity index (χ0) is 22.8. The normalized spacial score (nSPS) is 13.1. The Hall–Kier alpha value is -3.39. The molecule has 0 atom stereocenters. The Morgan fingerprint density at radius 3 is 2.75 bits per heavy atom. The monoisotopic (exact) mass is 436 g/mol. The fourth-order valence-electron chi connectivity index (χ4n) is 3.95. The first-order chi connectivity index (χ1) is 15.4. The predicted molar refractivity (Wildman–Crippen MR) is 121 cm³/mol. The van der Waals surface area contributed by atoms with E-state index in [2.05, 4.69) is 15.5 Å². The molecule has 8 heteroatoms. The minimum Gasteiger partial charge on any atom is -0.507 e. The van der Waals surface area contributed by atoms with Crippen molar-refractivity contribution in [2.45, 2.75) is 33.4 Å². The van der Waals surface area contributed by atoms with Gasteiger partial charge in [-0.25, -0.2) is 0 Å². The van der Waals surface area contributed by atoms with Crippen molar-refractivity contribution in [1.29, 1.82) is 0 Å². The summed E-state index contributed by atoms with van der Waals surface area (Å²) in [6, 6.07) is 8.86. The number of rotatable bonds is 8. The van der Waals surface area contributed by atoms with Crippen molar-refractivity contribution in [1.82, 2.24) is 20.4 Å². The van der Waals surface area contributed by atoms with Crippen molar-refractivity contribution in [2.24, 2.45) is 5.92 Å². The van der Waals surface area contributed by atoms with Crippen LogP contribution in [0.25, 0.3) is 10.9 Å². The quantitative estimate of drug-likeness (QED) is 0.370. The van der Waals surface area contributed by atoms with Gasteiger partial charge in [-0.2, -0.15) is 5.10 Å². The summed E-state index contributed by atoms with van der Waals surface area (Å²) in [4.78, 5) is 27.5. The number of carbonyl (C=O) groups excluding carboxylic acids is 2. The number of benzene rings is 2. The van der Waals surface area contributed by atoms with E-state index < -0.39 is 0 Å². The summed E-state index contributed by atoms with van der Waals surface area (Å²) in [6.07, 6.45) is 0.365. The van der Waals surface area contributed by atoms with E-state index in [-0.39, 0.29) is 28.9 Å². The molecule has 0 spiro atoms. The molecule has 168 valence electrons. The molecule has 0 aliphatic carbocycles. The Morgan fingerprint density at radius 2 is 2.00 bits per heavy atom. The number of aromatic nitrogens is 2. The molecule has 8 nitrogen and oxygen atoms in total. The van der Waals surface area contributed by atoms with Crippen LogP contribution in [0.5, 0.6) is 11.5 Å². The fourth-order valence-corrected chi connectivity index (χ4v) is 3.95. The number of hydrogen-bond acceptors (Lipinski definition) is 6. The lowest BCUT2D eigenvalue weighted by atomic mass is 10.0. The van der Waals surface area contributed by atoms with Crippen molar-refractivity contribution in [2.75, 3.05) is 20.2 Å². The average molecular weight is 437 g/mol. The average Bonchev–Trinajstić information content (AvgIpc) is 3.35. The number of aromatic amines is 1. The summed E-state index contributed by atoms with van der Waals surface area (Å²) in [5.74, 6) is 0.449. The van der Waals surface area contributed by atoms with Gasteiger partial charge in [0.1, 0.15) is 23.8 Å². The number of ketones is 1. The maximum atomic E-state index is 13.3. The van der Waals surface area contributed by atoms with E-state index in [0.717, 1.165) is 23.4 Å². The maximum absolute atomic E-state index is 13.3. The number of carbonyl (C=O) groups is 2. The van der Waals surface area contributed by atoms with Crippen molar-refractivity contribution >= 4 is 22.6 Å². The van der Waals surface area contributed by atoms with Crippen LogP contribution in [0.3, 0.4) is 0 Å². The van der Waals surface area contributed by atoms with Crippen LogP contribution in [0.15, 0.2) is 30.3 Å². The number of fused-ring (bicyclic) bond motifs is 2. The predicted octanol–water partition coefficient (Wildman–Crippen LogP) is 3.25. The van der Waals surface area contributed by atoms with Crippen molar-refractivity contribution in [3.8, 4) is 11.5 Å². The van der Waals surface area contributed by atoms with E-state index in [4.69, 9.17) is 4.74 Å². The summed E-state index contributed by atoms with van der Waals surface area (Å²) in [5.41, 5.74) is 3.07. The second-order valence-corrected chi connectivity index (χ2v) is 8.55. The molecule has 0 fully saturated rings. The highest BCUT2D eigenvalue weighted by atomic mass is 16.5. The molecular weight excluding hydrogens is 408 g/mol. The number of phenolic OH excluding ortho intramolecular Hbond substituents is 1. The molecule has 1 amide bonds. The van der Waals surface area contributed by atoms with Gasteiger partial charge in [-0.15, -0.1) is 0 Å². The molecule has 4 rings (SSSR count). The number of phenols is 1. The number of ether oxygens (including phenoxy) is 1. The van der Waals surface area contributed by atoms with Crippen LogP contribution in [-0.2, 0) is 13.1 Å². The number of nitrogens with zero attached hydrogens (tertiary/aromatic N) is 2. The third kappa shape index (κ3) is 4.31. The van der Waals surface area contributed by atoms with Crippen molar-refractivity contribution in [3.05, 3.63) is 52.7 Å². The molecule has 2 aromatic carbocycles. The van der Waals surface area contributed by atoms with Crippen LogP contribution in [0, 0.1) is 5.92 Å². The molecule has 0 saturated carbocycles. The van der Waals surface area contributed by atoms with Gasteiger partial charge in [0.2, 0.25) is 0 Å². The number of amides is 1. The summed E-state index contributed by atoms with van der Waals surface area (Å²) in [5, 5.41) is 21.0. The molecular formula is C24H28N4O4. The lowest BCUT2D eigenvalue weighted by molar-refractivity contribution is 0.0748. The minimum absolute atomic E-state index is 0.0882. The first-order valence-electron chi connectivity index (χ1n) is 10.8. The van der Waals surface area contributed by atoms with E-state index in [1.54, 1.807) is 11.0 Å². The Bertz CT molecular complexity index is 1170. The highest BCUT2D eigenvalue weighted by Gasteiger charge is 2.28. The minimum atomic E-state index is -0.290. The van der Waals surface area contributed by atoms with Crippen LogP contribution in [0.4, 0.5) is 0 Å². The first-order valence-corrected chi connectivity index (χ1v) is 10.8. The largest absolute Gasteiger partial charge is 0.507 e. The van der Waals surface area contributed by atoms with Crippen molar-refractivity contribution < 1.29 is 19.4 Å². The van der Waals surface area contributed by atoms with Gasteiger partial charge in [-0.3, -0.25) is 14.7 Å². The second-order valence-electron chi connectivity index (χ2n) is 8.55. The first kappa shape index (κ1) is 21.8. The Balaban J connectivity index is 1.56. The van der Waals surface area contributed by atoms with Gasteiger partial charge in [-0.05, 0) is 42.3 Å². The zero-order valence-electron chi connectivity index (χ0n) is 18.6. The molecule has 0 saturated heterocycles. The van der Waals surface area contributed by atoms with Crippen LogP contribution in [0.1, 0.15) is 52.2 Å². The van der Waals surface area contributed by atoms with E-state index in [0.29, 0.717) is 42.7 Å². The van der Waals surface area contributed by atoms with E-state index in [1.165, 1.54) is 6.07 Å². The van der Waals surface area contributed by atoms with Gasteiger partial charge in [0, 0.05) is 37.5 Å². The fraction of sp³-hybridized carbons (Fsp3) is 0.375. The molecule has 0 bridgehead atoms. The summed E-state index contributed by atoms with van der Waals surface area (Å²) in [6.45, 7) is 6.13. The maximum Gasteiger partial charge on any atom is 0.258 e. The van der Waals surface area contributed by atoms with Gasteiger partial charge >= 0.3 is 0 Å². The number of aromatic hydroxyl groups is 1. The molecule has 1 aliphatic heterocycles. The van der Waals surface area contributed by atoms with Gasteiger partial charge < -0.3 is 20.1 Å². The Morgan fingerprint density at radius 1 is 1.22 bits per heavy atom. The highest BCUT2D eigenvalue weighted by Crippen LogP contribution is 2.32. The number of Topliss-reactive ketones (excluding diaryl/α,β-unsaturated/α-hetero) is 1. The second kappa shape index (κ2) is 9.00. The Kier molecular flexibility index (Phi) is 6.14. The number of hydrogen-bond donors (Lipinski definition) is 3. The van der Waals surface area contributed by atoms with Gasteiger partial charge in [0.25, 0.3) is 5.91 Å². The molecule has 1 aromatic heterocycles. The third-order valence-electron chi connectivity index (χ3n) is 5.58. The van der Waals surface area contributed by atoms with Crippen LogP contribution in [-0.4, -0.2) is 52.1 Å². The Labute approximate surface area is 186 Å². The molecule has 3 N–H and O–H groups in total. The number of likely N-dealkylation sites (N-methyl/N-ethyl adjacent to an activating group) is 1. The van der Waals surface area contributed by atoms with Gasteiger partial charge in [-0.1, -0.05) is 19.9 Å². The highest BCUT2D eigenvalue weighted by molar-refractivity contribution is 6.09. The zero-order valence-corrected chi connectivity index (χ0v) is 18.6. The molecule has 1 aliphatic rings. The third-order valence-corrected chi connectivity index (χ3v) is 5.58. The van der Waals surface area contributed by atoms with Crippen LogP contribution < -0.4 is 10.1 Å². The lowest BCUT2D eigenvalue weighted by Crippen LogP contribution is -2.25.